The minimum Gasteiger partial charge on any atom is -0.481 e. The van der Waals surface area contributed by atoms with E-state index in [2.05, 4.69) is 6.92 Å². The largest absolute Gasteiger partial charge is 0.481 e. The van der Waals surface area contributed by atoms with Gasteiger partial charge in [0.15, 0.2) is 0 Å². The number of nitrogens with zero attached hydrogens (tertiary/aromatic N) is 1. The van der Waals surface area contributed by atoms with Gasteiger partial charge in [0.1, 0.15) is 0 Å². The number of aliphatic carboxylic acids is 1. The number of hydrogen-bond acceptors (Lipinski definition) is 2. The molecule has 0 atom stereocenters. The molecule has 4 nitrogen and oxygen atoms in total. The van der Waals surface area contributed by atoms with Crippen molar-refractivity contribution in [2.45, 2.75) is 58.8 Å². The normalized spacial score (nSPS) is 18.7. The van der Waals surface area contributed by atoms with Crippen LogP contribution in [0.3, 0.4) is 0 Å². The summed E-state index contributed by atoms with van der Waals surface area (Å²) in [4.78, 5) is 24.8. The van der Waals surface area contributed by atoms with Crippen LogP contribution < -0.4 is 0 Å². The highest BCUT2D eigenvalue weighted by Gasteiger charge is 2.37. The van der Waals surface area contributed by atoms with Gasteiger partial charge in [-0.15, -0.1) is 0 Å². The highest BCUT2D eigenvalue weighted by atomic mass is 16.4. The molecule has 1 N–H and O–H groups in total. The topological polar surface area (TPSA) is 57.6 Å². The Labute approximate surface area is 109 Å². The van der Waals surface area contributed by atoms with Crippen LogP contribution in [0, 0.1) is 5.41 Å². The summed E-state index contributed by atoms with van der Waals surface area (Å²) in [5, 5.41) is 9.12. The average molecular weight is 255 g/mol. The zero-order chi connectivity index (χ0) is 13.6. The van der Waals surface area contributed by atoms with Crippen molar-refractivity contribution in [3.63, 3.8) is 0 Å². The van der Waals surface area contributed by atoms with Crippen LogP contribution >= 0.6 is 0 Å². The first-order valence-corrected chi connectivity index (χ1v) is 7.01. The molecule has 1 rings (SSSR count). The van der Waals surface area contributed by atoms with Crippen LogP contribution in [0.15, 0.2) is 0 Å². The Kier molecular flexibility index (Phi) is 5.63. The predicted molar refractivity (Wildman–Crippen MR) is 70.3 cm³/mol. The second-order valence-corrected chi connectivity index (χ2v) is 5.56. The first kappa shape index (κ1) is 15.0. The van der Waals surface area contributed by atoms with Gasteiger partial charge in [-0.2, -0.15) is 0 Å². The van der Waals surface area contributed by atoms with Crippen LogP contribution in [-0.4, -0.2) is 35.0 Å². The molecule has 1 amide bonds. The Bertz CT molecular complexity index is 293. The Morgan fingerprint density at radius 3 is 2.28 bits per heavy atom. The summed E-state index contributed by atoms with van der Waals surface area (Å²) in [6.07, 6.45) is 6.19. The highest BCUT2D eigenvalue weighted by molar-refractivity contribution is 5.78. The van der Waals surface area contributed by atoms with Gasteiger partial charge in [-0.1, -0.05) is 26.2 Å². The fourth-order valence-electron chi connectivity index (χ4n) is 2.32. The standard InChI is InChI=1S/C14H25NO3/c1-3-4-5-6-7-12(16)15-10-8-14(2,9-11-15)13(17)18/h3-11H2,1-2H3,(H,17,18). The van der Waals surface area contributed by atoms with Gasteiger partial charge in [-0.3, -0.25) is 9.59 Å². The van der Waals surface area contributed by atoms with Crippen molar-refractivity contribution >= 4 is 11.9 Å². The van der Waals surface area contributed by atoms with E-state index in [0.717, 1.165) is 12.8 Å². The van der Waals surface area contributed by atoms with E-state index in [0.29, 0.717) is 32.4 Å². The molecule has 18 heavy (non-hydrogen) atoms. The van der Waals surface area contributed by atoms with Gasteiger partial charge in [0.25, 0.3) is 0 Å². The molecule has 0 aromatic rings. The summed E-state index contributed by atoms with van der Waals surface area (Å²) in [6.45, 7) is 5.11. The fourth-order valence-corrected chi connectivity index (χ4v) is 2.32. The number of carboxylic acids is 1. The molecule has 0 aliphatic carbocycles. The number of carbonyl (C=O) groups excluding carboxylic acids is 1. The zero-order valence-electron chi connectivity index (χ0n) is 11.6. The molecule has 104 valence electrons. The molecule has 1 fully saturated rings. The third-order valence-corrected chi connectivity index (χ3v) is 3.98. The predicted octanol–water partition coefficient (Wildman–Crippen LogP) is 2.67. The molecule has 0 aromatic heterocycles. The van der Waals surface area contributed by atoms with E-state index < -0.39 is 11.4 Å². The van der Waals surface area contributed by atoms with Gasteiger partial charge in [0.2, 0.25) is 5.91 Å². The summed E-state index contributed by atoms with van der Waals surface area (Å²) in [5.74, 6) is -0.545. The highest BCUT2D eigenvalue weighted by Crippen LogP contribution is 2.31. The van der Waals surface area contributed by atoms with Crippen molar-refractivity contribution in [1.82, 2.24) is 4.90 Å². The molecule has 0 spiro atoms. The van der Waals surface area contributed by atoms with Crippen molar-refractivity contribution in [2.75, 3.05) is 13.1 Å². The lowest BCUT2D eigenvalue weighted by molar-refractivity contribution is -0.153. The van der Waals surface area contributed by atoms with Crippen LogP contribution in [-0.2, 0) is 9.59 Å². The maximum atomic E-state index is 11.9. The van der Waals surface area contributed by atoms with E-state index >= 15 is 0 Å². The monoisotopic (exact) mass is 255 g/mol. The smallest absolute Gasteiger partial charge is 0.309 e. The third-order valence-electron chi connectivity index (χ3n) is 3.98. The summed E-state index contributed by atoms with van der Waals surface area (Å²) < 4.78 is 0. The van der Waals surface area contributed by atoms with Crippen LogP contribution in [0.4, 0.5) is 0 Å². The molecule has 0 aromatic carbocycles. The summed E-state index contributed by atoms with van der Waals surface area (Å²) in [7, 11) is 0. The van der Waals surface area contributed by atoms with Gasteiger partial charge < -0.3 is 10.0 Å². The number of unbranched alkanes of at least 4 members (excludes halogenated alkanes) is 3. The molecule has 1 saturated heterocycles. The number of likely N-dealkylation sites (tertiary alicyclic amines) is 1. The summed E-state index contributed by atoms with van der Waals surface area (Å²) in [6, 6.07) is 0. The van der Waals surface area contributed by atoms with Gasteiger partial charge in [0, 0.05) is 19.5 Å². The van der Waals surface area contributed by atoms with Gasteiger partial charge in [-0.05, 0) is 26.2 Å². The van der Waals surface area contributed by atoms with E-state index in [1.807, 2.05) is 4.90 Å². The van der Waals surface area contributed by atoms with E-state index in [-0.39, 0.29) is 5.91 Å². The van der Waals surface area contributed by atoms with Gasteiger partial charge in [0.05, 0.1) is 5.41 Å². The first-order chi connectivity index (χ1) is 8.49. The second-order valence-electron chi connectivity index (χ2n) is 5.56. The van der Waals surface area contributed by atoms with Crippen molar-refractivity contribution in [1.29, 1.82) is 0 Å². The second kappa shape index (κ2) is 6.76. The summed E-state index contributed by atoms with van der Waals surface area (Å²) >= 11 is 0. The molecule has 0 bridgehead atoms. The molecule has 0 radical (unpaired) electrons. The number of carbonyl (C=O) groups is 2. The average Bonchev–Trinajstić information content (AvgIpc) is 2.35. The number of amides is 1. The number of carboxylic acid groups (broad SMARTS) is 1. The first-order valence-electron chi connectivity index (χ1n) is 7.01. The number of hydrogen-bond donors (Lipinski definition) is 1. The van der Waals surface area contributed by atoms with Crippen LogP contribution in [0.5, 0.6) is 0 Å². The molecular formula is C14H25NO3. The van der Waals surface area contributed by atoms with Gasteiger partial charge >= 0.3 is 5.97 Å². The molecule has 0 unspecified atom stereocenters. The Morgan fingerprint density at radius 1 is 1.17 bits per heavy atom. The molecule has 1 aliphatic heterocycles. The minimum absolute atomic E-state index is 0.193. The molecular weight excluding hydrogens is 230 g/mol. The quantitative estimate of drug-likeness (QED) is 0.742. The van der Waals surface area contributed by atoms with Gasteiger partial charge in [-0.25, -0.2) is 0 Å². The maximum Gasteiger partial charge on any atom is 0.309 e. The van der Waals surface area contributed by atoms with E-state index in [4.69, 9.17) is 5.11 Å². The molecule has 1 heterocycles. The minimum atomic E-state index is -0.738. The van der Waals surface area contributed by atoms with Crippen LogP contribution in [0.25, 0.3) is 0 Å². The van der Waals surface area contributed by atoms with Crippen molar-refractivity contribution in [2.24, 2.45) is 5.41 Å². The third kappa shape index (κ3) is 4.00. The lowest BCUT2D eigenvalue weighted by atomic mass is 9.80. The van der Waals surface area contributed by atoms with E-state index in [9.17, 15) is 9.59 Å². The van der Waals surface area contributed by atoms with E-state index in [1.165, 1.54) is 12.8 Å². The lowest BCUT2D eigenvalue weighted by Crippen LogP contribution is -2.45. The maximum absolute atomic E-state index is 11.9. The Hall–Kier alpha value is -1.06. The van der Waals surface area contributed by atoms with Crippen LogP contribution in [0.2, 0.25) is 0 Å². The number of piperidine rings is 1. The van der Waals surface area contributed by atoms with Crippen molar-refractivity contribution in [3.8, 4) is 0 Å². The van der Waals surface area contributed by atoms with Crippen molar-refractivity contribution < 1.29 is 14.7 Å². The Balaban J connectivity index is 2.30. The molecule has 0 saturated carbocycles. The lowest BCUT2D eigenvalue weighted by Gasteiger charge is -2.36. The van der Waals surface area contributed by atoms with Crippen LogP contribution in [0.1, 0.15) is 58.8 Å². The Morgan fingerprint density at radius 2 is 1.78 bits per heavy atom. The summed E-state index contributed by atoms with van der Waals surface area (Å²) in [5.41, 5.74) is -0.640. The molecule has 1 aliphatic rings. The zero-order valence-corrected chi connectivity index (χ0v) is 11.6. The molecule has 4 heteroatoms. The SMILES string of the molecule is CCCCCCC(=O)N1CCC(C)(C(=O)O)CC1. The van der Waals surface area contributed by atoms with E-state index in [1.54, 1.807) is 6.92 Å². The van der Waals surface area contributed by atoms with Crippen molar-refractivity contribution in [3.05, 3.63) is 0 Å². The number of rotatable bonds is 6. The fraction of sp³-hybridized carbons (Fsp3) is 0.857.